The smallest absolute Gasteiger partial charge is 0.377 e. The van der Waals surface area contributed by atoms with Crippen LogP contribution in [0.3, 0.4) is 0 Å². The van der Waals surface area contributed by atoms with Gasteiger partial charge in [-0.3, -0.25) is 0 Å². The van der Waals surface area contributed by atoms with Crippen LogP contribution < -0.4 is 0 Å². The lowest BCUT2D eigenvalue weighted by atomic mass is 10.6. The molecule has 0 aliphatic carbocycles. The molecule has 0 N–H and O–H groups in total. The molecule has 0 saturated heterocycles. The predicted molar refractivity (Wildman–Crippen MR) is 62.2 cm³/mol. The van der Waals surface area contributed by atoms with Gasteiger partial charge >= 0.3 is 8.80 Å². The molecule has 0 unspecified atom stereocenters. The van der Waals surface area contributed by atoms with Crippen LogP contribution in [-0.4, -0.2) is 36.7 Å². The molecule has 0 amide bonds. The zero-order valence-corrected chi connectivity index (χ0v) is 11.4. The highest BCUT2D eigenvalue weighted by Gasteiger charge is 2.36. The molecule has 0 aromatic rings. The van der Waals surface area contributed by atoms with Crippen LogP contribution in [0.5, 0.6) is 0 Å². The Balaban J connectivity index is 0. The molecule has 1 radical (unpaired) electrons. The molecule has 0 bridgehead atoms. The van der Waals surface area contributed by atoms with E-state index in [1.807, 2.05) is 6.92 Å². The Morgan fingerprint density at radius 1 is 1.13 bits per heavy atom. The zero-order chi connectivity index (χ0) is 12.2. The van der Waals surface area contributed by atoms with E-state index in [-0.39, 0.29) is 6.61 Å². The van der Waals surface area contributed by atoms with Crippen molar-refractivity contribution in [3.05, 3.63) is 12.2 Å². The van der Waals surface area contributed by atoms with E-state index < -0.39 is 8.80 Å². The SMILES string of the molecule is CC=CC[O].CCC[Si](OC)(OC)OC. The lowest BCUT2D eigenvalue weighted by Crippen LogP contribution is -2.42. The average molecular weight is 235 g/mol. The van der Waals surface area contributed by atoms with Crippen molar-refractivity contribution in [2.45, 2.75) is 26.3 Å². The van der Waals surface area contributed by atoms with Gasteiger partial charge in [-0.25, -0.2) is 5.11 Å². The molecular formula is C10H23O4Si. The predicted octanol–water partition coefficient (Wildman–Crippen LogP) is 2.27. The third-order valence-electron chi connectivity index (χ3n) is 1.82. The summed E-state index contributed by atoms with van der Waals surface area (Å²) in [5.41, 5.74) is 0. The van der Waals surface area contributed by atoms with Gasteiger partial charge in [-0.2, -0.15) is 0 Å². The van der Waals surface area contributed by atoms with Gasteiger partial charge in [0.05, 0.1) is 0 Å². The van der Waals surface area contributed by atoms with Gasteiger partial charge in [-0.15, -0.1) is 0 Å². The normalized spacial score (nSPS) is 11.3. The van der Waals surface area contributed by atoms with E-state index in [0.717, 1.165) is 12.5 Å². The maximum Gasteiger partial charge on any atom is 0.500 e. The first kappa shape index (κ1) is 17.2. The van der Waals surface area contributed by atoms with E-state index in [2.05, 4.69) is 6.92 Å². The van der Waals surface area contributed by atoms with Gasteiger partial charge in [0.15, 0.2) is 0 Å². The second kappa shape index (κ2) is 11.9. The summed E-state index contributed by atoms with van der Waals surface area (Å²) in [6, 6.07) is 0.885. The van der Waals surface area contributed by atoms with Crippen molar-refractivity contribution in [2.24, 2.45) is 0 Å². The molecule has 0 saturated carbocycles. The highest BCUT2D eigenvalue weighted by molar-refractivity contribution is 6.60. The zero-order valence-electron chi connectivity index (χ0n) is 10.4. The van der Waals surface area contributed by atoms with Crippen molar-refractivity contribution in [1.82, 2.24) is 0 Å². The van der Waals surface area contributed by atoms with Gasteiger partial charge in [0.1, 0.15) is 6.61 Å². The Kier molecular flexibility index (Phi) is 13.6. The number of hydrogen-bond acceptors (Lipinski definition) is 3. The number of rotatable bonds is 6. The van der Waals surface area contributed by atoms with E-state index in [0.29, 0.717) is 0 Å². The van der Waals surface area contributed by atoms with Crippen LogP contribution in [0.25, 0.3) is 0 Å². The van der Waals surface area contributed by atoms with E-state index in [1.54, 1.807) is 33.5 Å². The van der Waals surface area contributed by atoms with Gasteiger partial charge in [-0.05, 0) is 6.92 Å². The fourth-order valence-corrected chi connectivity index (χ4v) is 2.68. The maximum atomic E-state index is 9.44. The molecule has 0 rings (SSSR count). The maximum absolute atomic E-state index is 9.44. The third-order valence-corrected chi connectivity index (χ3v) is 4.80. The minimum absolute atomic E-state index is 0.0868. The molecule has 0 heterocycles. The van der Waals surface area contributed by atoms with Crippen LogP contribution in [0, 0.1) is 0 Å². The van der Waals surface area contributed by atoms with Crippen molar-refractivity contribution in [3.8, 4) is 0 Å². The van der Waals surface area contributed by atoms with Crippen LogP contribution in [0.1, 0.15) is 20.3 Å². The molecular weight excluding hydrogens is 212 g/mol. The van der Waals surface area contributed by atoms with Crippen LogP contribution in [0.15, 0.2) is 12.2 Å². The summed E-state index contributed by atoms with van der Waals surface area (Å²) >= 11 is 0. The summed E-state index contributed by atoms with van der Waals surface area (Å²) in [7, 11) is 2.68. The summed E-state index contributed by atoms with van der Waals surface area (Å²) in [4.78, 5) is 0. The highest BCUT2D eigenvalue weighted by Crippen LogP contribution is 2.13. The second-order valence-corrected chi connectivity index (χ2v) is 5.87. The van der Waals surface area contributed by atoms with Crippen molar-refractivity contribution in [3.63, 3.8) is 0 Å². The Bertz CT molecular complexity index is 138. The average Bonchev–Trinajstić information content (AvgIpc) is 2.28. The monoisotopic (exact) mass is 235 g/mol. The van der Waals surface area contributed by atoms with E-state index >= 15 is 0 Å². The third kappa shape index (κ3) is 8.77. The summed E-state index contributed by atoms with van der Waals surface area (Å²) in [6.07, 6.45) is 4.34. The standard InChI is InChI=1S/C6H16O3Si.C4H7O/c1-5-6-10(7-2,8-3)9-4;1-2-3-4-5/h5-6H2,1-4H3;2-3H,4H2,1H3. The molecule has 0 atom stereocenters. The van der Waals surface area contributed by atoms with Crippen LogP contribution >= 0.6 is 0 Å². The van der Waals surface area contributed by atoms with Crippen molar-refractivity contribution < 1.29 is 18.4 Å². The first-order chi connectivity index (χ1) is 7.16. The van der Waals surface area contributed by atoms with Crippen molar-refractivity contribution >= 4 is 8.80 Å². The fraction of sp³-hybridized carbons (Fsp3) is 0.800. The topological polar surface area (TPSA) is 47.6 Å². The molecule has 0 aromatic carbocycles. The van der Waals surface area contributed by atoms with Gasteiger partial charge in [0.25, 0.3) is 0 Å². The van der Waals surface area contributed by atoms with Crippen molar-refractivity contribution in [1.29, 1.82) is 0 Å². The Morgan fingerprint density at radius 2 is 1.60 bits per heavy atom. The molecule has 0 aliphatic heterocycles. The minimum atomic E-state index is -2.22. The van der Waals surface area contributed by atoms with E-state index in [4.69, 9.17) is 13.3 Å². The van der Waals surface area contributed by atoms with Crippen molar-refractivity contribution in [2.75, 3.05) is 27.9 Å². The molecule has 0 spiro atoms. The van der Waals surface area contributed by atoms with Gasteiger partial charge < -0.3 is 13.3 Å². The quantitative estimate of drug-likeness (QED) is 0.524. The lowest BCUT2D eigenvalue weighted by molar-refractivity contribution is 0.123. The summed E-state index contributed by atoms with van der Waals surface area (Å²) in [5.74, 6) is 0. The second-order valence-electron chi connectivity index (χ2n) is 2.78. The Labute approximate surface area is 94.2 Å². The molecule has 0 fully saturated rings. The molecule has 0 aromatic heterocycles. The lowest BCUT2D eigenvalue weighted by Gasteiger charge is -2.23. The van der Waals surface area contributed by atoms with E-state index in [9.17, 15) is 5.11 Å². The van der Waals surface area contributed by atoms with Crippen LogP contribution in [0.2, 0.25) is 6.04 Å². The Hall–Kier alpha value is -0.203. The minimum Gasteiger partial charge on any atom is -0.377 e. The largest absolute Gasteiger partial charge is 0.500 e. The van der Waals surface area contributed by atoms with Gasteiger partial charge in [-0.1, -0.05) is 25.5 Å². The summed E-state index contributed by atoms with van der Waals surface area (Å²) in [6.45, 7) is 3.83. The van der Waals surface area contributed by atoms with Gasteiger partial charge in [0, 0.05) is 27.4 Å². The van der Waals surface area contributed by atoms with Crippen LogP contribution in [0.4, 0.5) is 0 Å². The summed E-state index contributed by atoms with van der Waals surface area (Å²) < 4.78 is 15.5. The first-order valence-corrected chi connectivity index (χ1v) is 6.94. The first-order valence-electron chi connectivity index (χ1n) is 5.01. The van der Waals surface area contributed by atoms with Crippen LogP contribution in [-0.2, 0) is 18.4 Å². The van der Waals surface area contributed by atoms with E-state index in [1.165, 1.54) is 0 Å². The van der Waals surface area contributed by atoms with Gasteiger partial charge in [0.2, 0.25) is 0 Å². The number of allylic oxidation sites excluding steroid dienone is 1. The highest BCUT2D eigenvalue weighted by atomic mass is 28.4. The molecule has 15 heavy (non-hydrogen) atoms. The molecule has 4 nitrogen and oxygen atoms in total. The molecule has 0 aliphatic rings. The molecule has 91 valence electrons. The fourth-order valence-electron chi connectivity index (χ4n) is 0.959. The summed E-state index contributed by atoms with van der Waals surface area (Å²) in [5, 5.41) is 9.44. The molecule has 5 heteroatoms. The number of hydrogen-bond donors (Lipinski definition) is 0. The Morgan fingerprint density at radius 3 is 1.67 bits per heavy atom.